The maximum Gasteiger partial charge on any atom is 0.492 e. The molecule has 0 bridgehead atoms. The Hall–Kier alpha value is -1.23. The van der Waals surface area contributed by atoms with E-state index in [9.17, 15) is 5.11 Å². The Kier molecular flexibility index (Phi) is 2.56. The van der Waals surface area contributed by atoms with E-state index in [4.69, 9.17) is 21.6 Å². The summed E-state index contributed by atoms with van der Waals surface area (Å²) in [4.78, 5) is 0. The summed E-state index contributed by atoms with van der Waals surface area (Å²) in [5, 5.41) is 29.4. The molecule has 0 saturated carbocycles. The number of phenolic OH excluding ortho intramolecular Hbond substituents is 1. The Balaban J connectivity index is 2.90. The van der Waals surface area contributed by atoms with Gasteiger partial charge in [-0.05, 0) is 11.5 Å². The van der Waals surface area contributed by atoms with Crippen LogP contribution in [-0.4, -0.2) is 22.3 Å². The van der Waals surface area contributed by atoms with E-state index in [2.05, 4.69) is 0 Å². The molecule has 0 heterocycles. The van der Waals surface area contributed by atoms with Crippen molar-refractivity contribution >= 4 is 35.0 Å². The van der Waals surface area contributed by atoms with E-state index >= 15 is 0 Å². The second kappa shape index (κ2) is 3.74. The summed E-state index contributed by atoms with van der Waals surface area (Å²) < 4.78 is 0. The van der Waals surface area contributed by atoms with Crippen LogP contribution in [0.2, 0.25) is 5.02 Å². The molecule has 3 nitrogen and oxygen atoms in total. The average molecular weight is 222 g/mol. The summed E-state index contributed by atoms with van der Waals surface area (Å²) in [6, 6.07) is 8.26. The molecule has 0 atom stereocenters. The maximum atomic E-state index is 9.56. The Morgan fingerprint density at radius 1 is 1.07 bits per heavy atom. The molecule has 2 aromatic rings. The fraction of sp³-hybridized carbons (Fsp3) is 0. The van der Waals surface area contributed by atoms with E-state index in [1.807, 2.05) is 0 Å². The van der Waals surface area contributed by atoms with Gasteiger partial charge in [0.2, 0.25) is 0 Å². The first-order valence-corrected chi connectivity index (χ1v) is 4.75. The van der Waals surface area contributed by atoms with E-state index in [0.717, 1.165) is 0 Å². The summed E-state index contributed by atoms with van der Waals surface area (Å²) >= 11 is 5.92. The van der Waals surface area contributed by atoms with Crippen molar-refractivity contribution in [3.05, 3.63) is 35.4 Å². The highest BCUT2D eigenvalue weighted by atomic mass is 35.5. The first-order valence-electron chi connectivity index (χ1n) is 4.37. The van der Waals surface area contributed by atoms with Crippen LogP contribution in [0.3, 0.4) is 0 Å². The Morgan fingerprint density at radius 3 is 2.27 bits per heavy atom. The third-order valence-electron chi connectivity index (χ3n) is 2.27. The molecule has 2 rings (SSSR count). The van der Waals surface area contributed by atoms with Crippen LogP contribution in [0, 0.1) is 0 Å². The first kappa shape index (κ1) is 10.3. The number of fused-ring (bicyclic) bond motifs is 1. The summed E-state index contributed by atoms with van der Waals surface area (Å²) in [6.45, 7) is 0. The summed E-state index contributed by atoms with van der Waals surface area (Å²) in [6.07, 6.45) is 0. The van der Waals surface area contributed by atoms with Gasteiger partial charge in [-0.15, -0.1) is 0 Å². The number of phenols is 1. The number of benzene rings is 2. The zero-order chi connectivity index (χ0) is 11.0. The van der Waals surface area contributed by atoms with Gasteiger partial charge in [0.05, 0.1) is 5.02 Å². The third kappa shape index (κ3) is 1.67. The third-order valence-corrected chi connectivity index (χ3v) is 2.58. The van der Waals surface area contributed by atoms with Gasteiger partial charge in [0.25, 0.3) is 0 Å². The minimum absolute atomic E-state index is 0.0787. The summed E-state index contributed by atoms with van der Waals surface area (Å²) in [5.74, 6) is -0.214. The lowest BCUT2D eigenvalue weighted by Gasteiger charge is -2.09. The molecular formula is C10H8BClO3. The Bertz CT molecular complexity index is 513. The van der Waals surface area contributed by atoms with Crippen molar-refractivity contribution in [2.24, 2.45) is 0 Å². The number of halogens is 1. The lowest BCUT2D eigenvalue weighted by atomic mass is 9.76. The van der Waals surface area contributed by atoms with Crippen LogP contribution in [0.1, 0.15) is 0 Å². The smallest absolute Gasteiger partial charge is 0.492 e. The minimum atomic E-state index is -1.72. The van der Waals surface area contributed by atoms with Crippen molar-refractivity contribution in [1.29, 1.82) is 0 Å². The van der Waals surface area contributed by atoms with E-state index in [1.165, 1.54) is 6.07 Å². The highest BCUT2D eigenvalue weighted by Gasteiger charge is 2.20. The van der Waals surface area contributed by atoms with Crippen molar-refractivity contribution in [2.45, 2.75) is 0 Å². The fourth-order valence-corrected chi connectivity index (χ4v) is 1.88. The minimum Gasteiger partial charge on any atom is -0.508 e. The lowest BCUT2D eigenvalue weighted by molar-refractivity contribution is 0.420. The van der Waals surface area contributed by atoms with Crippen molar-refractivity contribution in [3.8, 4) is 5.75 Å². The Morgan fingerprint density at radius 2 is 1.67 bits per heavy atom. The van der Waals surface area contributed by atoms with Gasteiger partial charge in [0, 0.05) is 10.8 Å². The summed E-state index contributed by atoms with van der Waals surface area (Å²) in [7, 11) is -1.72. The number of hydrogen-bond donors (Lipinski definition) is 3. The van der Waals surface area contributed by atoms with E-state index in [1.54, 1.807) is 24.3 Å². The van der Waals surface area contributed by atoms with Crippen LogP contribution >= 0.6 is 11.6 Å². The summed E-state index contributed by atoms with van der Waals surface area (Å²) in [5.41, 5.74) is 0.0787. The first-order chi connectivity index (χ1) is 7.11. The maximum absolute atomic E-state index is 9.56. The molecule has 0 saturated heterocycles. The van der Waals surface area contributed by atoms with Crippen LogP contribution in [0.5, 0.6) is 5.75 Å². The molecule has 0 fully saturated rings. The zero-order valence-electron chi connectivity index (χ0n) is 7.68. The van der Waals surface area contributed by atoms with Gasteiger partial charge in [-0.25, -0.2) is 0 Å². The number of hydrogen-bond acceptors (Lipinski definition) is 3. The molecule has 2 aromatic carbocycles. The second-order valence-electron chi connectivity index (χ2n) is 3.21. The normalized spacial score (nSPS) is 10.6. The number of rotatable bonds is 1. The molecule has 3 N–H and O–H groups in total. The van der Waals surface area contributed by atoms with E-state index in [-0.39, 0.29) is 11.2 Å². The highest BCUT2D eigenvalue weighted by molar-refractivity contribution is 6.63. The molecule has 0 aliphatic rings. The predicted molar refractivity (Wildman–Crippen MR) is 60.4 cm³/mol. The van der Waals surface area contributed by atoms with Crippen molar-refractivity contribution in [1.82, 2.24) is 0 Å². The van der Waals surface area contributed by atoms with Gasteiger partial charge in [-0.1, -0.05) is 35.9 Å². The van der Waals surface area contributed by atoms with Gasteiger partial charge in [-0.3, -0.25) is 0 Å². The van der Waals surface area contributed by atoms with Crippen LogP contribution in [-0.2, 0) is 0 Å². The van der Waals surface area contributed by atoms with Gasteiger partial charge in [-0.2, -0.15) is 0 Å². The average Bonchev–Trinajstić information content (AvgIpc) is 2.17. The van der Waals surface area contributed by atoms with Gasteiger partial charge < -0.3 is 15.2 Å². The molecule has 0 spiro atoms. The molecule has 0 aromatic heterocycles. The van der Waals surface area contributed by atoms with Gasteiger partial charge in [0.1, 0.15) is 5.75 Å². The fourth-order valence-electron chi connectivity index (χ4n) is 1.61. The molecule has 76 valence electrons. The zero-order valence-corrected chi connectivity index (χ0v) is 8.44. The molecule has 5 heteroatoms. The largest absolute Gasteiger partial charge is 0.508 e. The molecular weight excluding hydrogens is 214 g/mol. The van der Waals surface area contributed by atoms with Crippen LogP contribution in [0.15, 0.2) is 30.3 Å². The molecule has 0 unspecified atom stereocenters. The second-order valence-corrected chi connectivity index (χ2v) is 3.62. The number of aromatic hydroxyl groups is 1. The molecule has 0 radical (unpaired) electrons. The van der Waals surface area contributed by atoms with Crippen molar-refractivity contribution < 1.29 is 15.2 Å². The van der Waals surface area contributed by atoms with E-state index in [0.29, 0.717) is 15.8 Å². The molecule has 0 aliphatic carbocycles. The predicted octanol–water partition coefficient (Wildman–Crippen LogP) is 0.879. The van der Waals surface area contributed by atoms with Crippen LogP contribution in [0.25, 0.3) is 10.8 Å². The van der Waals surface area contributed by atoms with Crippen LogP contribution in [0.4, 0.5) is 0 Å². The molecule has 15 heavy (non-hydrogen) atoms. The van der Waals surface area contributed by atoms with Crippen molar-refractivity contribution in [3.63, 3.8) is 0 Å². The quantitative estimate of drug-likeness (QED) is 0.628. The Labute approximate surface area is 91.7 Å². The van der Waals surface area contributed by atoms with E-state index < -0.39 is 7.12 Å². The van der Waals surface area contributed by atoms with Crippen LogP contribution < -0.4 is 5.46 Å². The van der Waals surface area contributed by atoms with Crippen molar-refractivity contribution in [2.75, 3.05) is 0 Å². The standard InChI is InChI=1S/C10H8BClO3/c12-8-5-9(13)10(11(14)15)7-4-2-1-3-6(7)8/h1-5,13-15H. The topological polar surface area (TPSA) is 60.7 Å². The SMILES string of the molecule is OB(O)c1c(O)cc(Cl)c2ccccc12. The lowest BCUT2D eigenvalue weighted by Crippen LogP contribution is -2.30. The monoisotopic (exact) mass is 222 g/mol. The van der Waals surface area contributed by atoms with Gasteiger partial charge >= 0.3 is 7.12 Å². The van der Waals surface area contributed by atoms with Gasteiger partial charge in [0.15, 0.2) is 0 Å². The molecule has 0 aliphatic heterocycles. The highest BCUT2D eigenvalue weighted by Crippen LogP contribution is 2.26. The molecule has 0 amide bonds.